The van der Waals surface area contributed by atoms with Crippen molar-refractivity contribution in [3.05, 3.63) is 5.82 Å². The van der Waals surface area contributed by atoms with E-state index >= 15 is 0 Å². The van der Waals surface area contributed by atoms with Gasteiger partial charge in [0.2, 0.25) is 0 Å². The molecule has 1 aliphatic carbocycles. The number of hydrogen-bond acceptors (Lipinski definition) is 4. The lowest BCUT2D eigenvalue weighted by Crippen LogP contribution is -2.04. The minimum absolute atomic E-state index is 0.367. The summed E-state index contributed by atoms with van der Waals surface area (Å²) in [6.45, 7) is 2.43. The molecule has 0 atom stereocenters. The summed E-state index contributed by atoms with van der Waals surface area (Å²) in [7, 11) is 0. The van der Waals surface area contributed by atoms with Crippen molar-refractivity contribution in [2.75, 3.05) is 6.61 Å². The van der Waals surface area contributed by atoms with E-state index in [4.69, 9.17) is 4.74 Å². The molecule has 0 spiro atoms. The van der Waals surface area contributed by atoms with E-state index in [1.165, 1.54) is 0 Å². The van der Waals surface area contributed by atoms with E-state index in [0.717, 1.165) is 12.8 Å². The largest absolute Gasteiger partial charge is 0.464 e. The molecule has 5 nitrogen and oxygen atoms in total. The van der Waals surface area contributed by atoms with E-state index in [1.54, 1.807) is 4.57 Å². The molecule has 0 aromatic carbocycles. The van der Waals surface area contributed by atoms with Gasteiger partial charge in [-0.05, 0) is 19.8 Å². The molecule has 0 aliphatic heterocycles. The van der Waals surface area contributed by atoms with Crippen molar-refractivity contribution in [2.45, 2.75) is 25.8 Å². The highest BCUT2D eigenvalue weighted by atomic mass is 16.5. The van der Waals surface area contributed by atoms with Crippen molar-refractivity contribution >= 4 is 6.29 Å². The maximum absolute atomic E-state index is 10.6. The van der Waals surface area contributed by atoms with Gasteiger partial charge in [0.1, 0.15) is 0 Å². The Bertz CT molecular complexity index is 317. The number of carbonyl (C=O) groups excluding carboxylic acids is 1. The second-order valence-electron chi connectivity index (χ2n) is 2.99. The summed E-state index contributed by atoms with van der Waals surface area (Å²) in [4.78, 5) is 10.6. The van der Waals surface area contributed by atoms with E-state index in [9.17, 15) is 4.79 Å². The van der Waals surface area contributed by atoms with Crippen LogP contribution >= 0.6 is 0 Å². The molecule has 0 unspecified atom stereocenters. The third kappa shape index (κ3) is 1.41. The van der Waals surface area contributed by atoms with Crippen LogP contribution in [0.4, 0.5) is 0 Å². The highest BCUT2D eigenvalue weighted by Gasteiger charge is 2.29. The van der Waals surface area contributed by atoms with Gasteiger partial charge in [0.15, 0.2) is 12.1 Å². The average Bonchev–Trinajstić information content (AvgIpc) is 2.89. The highest BCUT2D eigenvalue weighted by molar-refractivity contribution is 5.69. The first kappa shape index (κ1) is 8.22. The topological polar surface area (TPSA) is 57.0 Å². The lowest BCUT2D eigenvalue weighted by atomic mass is 10.6. The molecule has 1 aliphatic rings. The zero-order chi connectivity index (χ0) is 9.26. The molecule has 2 rings (SSSR count). The monoisotopic (exact) mass is 181 g/mol. The number of hydrogen-bond donors (Lipinski definition) is 0. The first-order valence-corrected chi connectivity index (χ1v) is 4.39. The van der Waals surface area contributed by atoms with Crippen LogP contribution in [0.3, 0.4) is 0 Å². The lowest BCUT2D eigenvalue weighted by molar-refractivity contribution is 0.110. The number of aldehydes is 1. The fraction of sp³-hybridized carbons (Fsp3) is 0.625. The fourth-order valence-electron chi connectivity index (χ4n) is 1.27. The minimum Gasteiger partial charge on any atom is -0.464 e. The quantitative estimate of drug-likeness (QED) is 0.645. The van der Waals surface area contributed by atoms with Crippen LogP contribution in [0.2, 0.25) is 0 Å². The number of rotatable bonds is 4. The minimum atomic E-state index is 0.367. The summed E-state index contributed by atoms with van der Waals surface area (Å²) < 4.78 is 7.03. The Morgan fingerprint density at radius 3 is 2.92 bits per heavy atom. The Morgan fingerprint density at radius 1 is 1.62 bits per heavy atom. The number of nitrogens with zero attached hydrogens (tertiary/aromatic N) is 3. The summed E-state index contributed by atoms with van der Waals surface area (Å²) in [5.41, 5.74) is 0. The van der Waals surface area contributed by atoms with Gasteiger partial charge >= 0.3 is 6.01 Å². The molecule has 0 N–H and O–H groups in total. The van der Waals surface area contributed by atoms with Crippen LogP contribution in [-0.2, 0) is 0 Å². The predicted octanol–water partition coefficient (Wildman–Crippen LogP) is 0.824. The normalized spacial score (nSPS) is 15.8. The standard InChI is InChI=1S/C8H11N3O2/c1-2-13-8-10-9-7(5-12)11(8)6-3-4-6/h5-6H,2-4H2,1H3. The first-order valence-electron chi connectivity index (χ1n) is 4.39. The van der Waals surface area contributed by atoms with Gasteiger partial charge < -0.3 is 4.74 Å². The molecule has 1 saturated carbocycles. The zero-order valence-electron chi connectivity index (χ0n) is 7.43. The molecule has 1 aromatic rings. The van der Waals surface area contributed by atoms with Crippen molar-refractivity contribution in [3.63, 3.8) is 0 Å². The summed E-state index contributed by atoms with van der Waals surface area (Å²) in [5.74, 6) is 0.367. The molecular formula is C8H11N3O2. The van der Waals surface area contributed by atoms with Crippen molar-refractivity contribution in [3.8, 4) is 6.01 Å². The van der Waals surface area contributed by atoms with Crippen molar-refractivity contribution < 1.29 is 9.53 Å². The Balaban J connectivity index is 2.32. The Morgan fingerprint density at radius 2 is 2.38 bits per heavy atom. The summed E-state index contributed by atoms with van der Waals surface area (Å²) in [6.07, 6.45) is 2.88. The highest BCUT2D eigenvalue weighted by Crippen LogP contribution is 2.38. The second-order valence-corrected chi connectivity index (χ2v) is 2.99. The number of aromatic nitrogens is 3. The van der Waals surface area contributed by atoms with E-state index in [-0.39, 0.29) is 0 Å². The van der Waals surface area contributed by atoms with Crippen LogP contribution in [0.15, 0.2) is 0 Å². The van der Waals surface area contributed by atoms with Crippen molar-refractivity contribution in [1.29, 1.82) is 0 Å². The maximum atomic E-state index is 10.6. The molecule has 0 amide bonds. The van der Waals surface area contributed by atoms with E-state index in [0.29, 0.717) is 30.8 Å². The molecule has 70 valence electrons. The van der Waals surface area contributed by atoms with Crippen LogP contribution in [0.1, 0.15) is 36.4 Å². The molecule has 0 radical (unpaired) electrons. The van der Waals surface area contributed by atoms with Gasteiger partial charge in [-0.3, -0.25) is 9.36 Å². The van der Waals surface area contributed by atoms with E-state index in [1.807, 2.05) is 6.92 Å². The van der Waals surface area contributed by atoms with Gasteiger partial charge in [-0.25, -0.2) is 0 Å². The van der Waals surface area contributed by atoms with Crippen molar-refractivity contribution in [2.24, 2.45) is 0 Å². The van der Waals surface area contributed by atoms with Gasteiger partial charge in [-0.2, -0.15) is 0 Å². The molecular weight excluding hydrogens is 170 g/mol. The van der Waals surface area contributed by atoms with Crippen LogP contribution in [-0.4, -0.2) is 27.7 Å². The number of carbonyl (C=O) groups is 1. The van der Waals surface area contributed by atoms with Gasteiger partial charge in [-0.1, -0.05) is 5.10 Å². The maximum Gasteiger partial charge on any atom is 0.317 e. The molecule has 0 bridgehead atoms. The van der Waals surface area contributed by atoms with Crippen LogP contribution in [0.25, 0.3) is 0 Å². The fourth-order valence-corrected chi connectivity index (χ4v) is 1.27. The number of ether oxygens (including phenoxy) is 1. The third-order valence-corrected chi connectivity index (χ3v) is 1.98. The molecule has 1 aromatic heterocycles. The zero-order valence-corrected chi connectivity index (χ0v) is 7.43. The SMILES string of the molecule is CCOc1nnc(C=O)n1C1CC1. The Hall–Kier alpha value is -1.39. The predicted molar refractivity (Wildman–Crippen MR) is 44.8 cm³/mol. The van der Waals surface area contributed by atoms with E-state index < -0.39 is 0 Å². The van der Waals surface area contributed by atoms with Crippen molar-refractivity contribution in [1.82, 2.24) is 14.8 Å². The third-order valence-electron chi connectivity index (χ3n) is 1.98. The van der Waals surface area contributed by atoms with Crippen LogP contribution < -0.4 is 4.74 Å². The van der Waals surface area contributed by atoms with Gasteiger partial charge in [0.05, 0.1) is 6.61 Å². The average molecular weight is 181 g/mol. The molecule has 1 fully saturated rings. The Kier molecular flexibility index (Phi) is 2.00. The molecule has 13 heavy (non-hydrogen) atoms. The Labute approximate surface area is 75.7 Å². The van der Waals surface area contributed by atoms with Gasteiger partial charge in [0, 0.05) is 6.04 Å². The smallest absolute Gasteiger partial charge is 0.317 e. The molecule has 5 heteroatoms. The first-order chi connectivity index (χ1) is 6.36. The van der Waals surface area contributed by atoms with Gasteiger partial charge in [-0.15, -0.1) is 5.10 Å². The molecule has 0 saturated heterocycles. The summed E-state index contributed by atoms with van der Waals surface area (Å²) in [5, 5.41) is 7.53. The second kappa shape index (κ2) is 3.16. The van der Waals surface area contributed by atoms with Crippen LogP contribution in [0, 0.1) is 0 Å². The van der Waals surface area contributed by atoms with Gasteiger partial charge in [0.25, 0.3) is 0 Å². The lowest BCUT2D eigenvalue weighted by Gasteiger charge is -2.04. The van der Waals surface area contributed by atoms with E-state index in [2.05, 4.69) is 10.2 Å². The molecule has 1 heterocycles. The summed E-state index contributed by atoms with van der Waals surface area (Å²) in [6, 6.07) is 0.837. The van der Waals surface area contributed by atoms with Crippen LogP contribution in [0.5, 0.6) is 6.01 Å². The summed E-state index contributed by atoms with van der Waals surface area (Å²) >= 11 is 0.